The van der Waals surface area contributed by atoms with Gasteiger partial charge in [-0.05, 0) is 69.0 Å². The fraction of sp³-hybridized carbons (Fsp3) is 0.462. The fourth-order valence-electron chi connectivity index (χ4n) is 5.50. The molecule has 0 saturated carbocycles. The monoisotopic (exact) mass is 530 g/mol. The summed E-state index contributed by atoms with van der Waals surface area (Å²) in [7, 11) is -3.80. The van der Waals surface area contributed by atoms with E-state index < -0.39 is 15.9 Å². The van der Waals surface area contributed by atoms with Crippen LogP contribution in [0, 0.1) is 0 Å². The van der Waals surface area contributed by atoms with Crippen molar-refractivity contribution in [1.29, 1.82) is 0 Å². The van der Waals surface area contributed by atoms with Gasteiger partial charge in [-0.1, -0.05) is 30.7 Å². The number of halogens is 1. The second-order valence-electron chi connectivity index (χ2n) is 9.60. The Morgan fingerprint density at radius 3 is 2.36 bits per heavy atom. The van der Waals surface area contributed by atoms with E-state index in [1.165, 1.54) is 18.2 Å². The molecule has 0 atom stereocenters. The van der Waals surface area contributed by atoms with Crippen molar-refractivity contribution in [2.24, 2.45) is 0 Å². The zero-order valence-corrected chi connectivity index (χ0v) is 22.0. The van der Waals surface area contributed by atoms with Crippen LogP contribution in [0.4, 0.5) is 0 Å². The number of rotatable bonds is 8. The largest absolute Gasteiger partial charge is 0.329 e. The Labute approximate surface area is 216 Å². The van der Waals surface area contributed by atoms with Crippen LogP contribution in [0.25, 0.3) is 11.0 Å². The van der Waals surface area contributed by atoms with Gasteiger partial charge in [0.05, 0.1) is 16.6 Å². The number of piperidine rings is 1. The Balaban J connectivity index is 1.16. The van der Waals surface area contributed by atoms with E-state index in [1.54, 1.807) is 0 Å². The van der Waals surface area contributed by atoms with E-state index in [2.05, 4.69) is 11.8 Å². The molecule has 36 heavy (non-hydrogen) atoms. The molecule has 1 amide bonds. The molecule has 1 aromatic heterocycles. The lowest BCUT2D eigenvalue weighted by atomic mass is 10.0. The van der Waals surface area contributed by atoms with Crippen molar-refractivity contribution in [3.05, 3.63) is 63.5 Å². The van der Waals surface area contributed by atoms with Crippen molar-refractivity contribution in [3.8, 4) is 0 Å². The summed E-state index contributed by atoms with van der Waals surface area (Å²) in [4.78, 5) is 28.2. The van der Waals surface area contributed by atoms with Crippen molar-refractivity contribution in [2.45, 2.75) is 56.5 Å². The van der Waals surface area contributed by atoms with Gasteiger partial charge >= 0.3 is 5.69 Å². The minimum absolute atomic E-state index is 0.0366. The molecule has 10 heteroatoms. The van der Waals surface area contributed by atoms with Gasteiger partial charge in [-0.25, -0.2) is 17.5 Å². The Bertz CT molecular complexity index is 1450. The molecule has 0 spiro atoms. The highest BCUT2D eigenvalue weighted by Gasteiger charge is 2.40. The Hall–Kier alpha value is -2.62. The lowest BCUT2D eigenvalue weighted by Crippen LogP contribution is -2.38. The third kappa shape index (κ3) is 4.37. The molecule has 2 aliphatic rings. The molecular formula is C26H31ClN4O4S. The zero-order chi connectivity index (χ0) is 25.4. The van der Waals surface area contributed by atoms with Gasteiger partial charge in [0.15, 0.2) is 0 Å². The van der Waals surface area contributed by atoms with Crippen molar-refractivity contribution in [2.75, 3.05) is 26.2 Å². The molecule has 3 aromatic rings. The molecule has 1 saturated heterocycles. The second kappa shape index (κ2) is 10.0. The lowest BCUT2D eigenvalue weighted by Gasteiger charge is -2.32. The molecule has 0 unspecified atom stereocenters. The standard InChI is InChI=1S/C26H31ClN4O4S/c1-2-13-29-22-7-3-4-8-23(22)31(26(29)33)20-11-16-28(17-12-20)14-5-6-15-30-25(32)21-18-19(27)9-10-24(21)36(30,34)35/h3-4,7-10,18,20H,2,5-6,11-17H2,1H3. The predicted molar refractivity (Wildman–Crippen MR) is 140 cm³/mol. The first-order valence-electron chi connectivity index (χ1n) is 12.6. The van der Waals surface area contributed by atoms with Gasteiger partial charge in [0.25, 0.3) is 15.9 Å². The SMILES string of the molecule is CCCn1c(=O)n(C2CCN(CCCCN3C(=O)c4cc(Cl)ccc4S3(=O)=O)CC2)c2ccccc21. The normalized spacial score (nSPS) is 18.3. The number of carbonyl (C=O) groups excluding carboxylic acids is 1. The van der Waals surface area contributed by atoms with Gasteiger partial charge in [-0.2, -0.15) is 0 Å². The van der Waals surface area contributed by atoms with Gasteiger partial charge in [0.2, 0.25) is 0 Å². The van der Waals surface area contributed by atoms with Crippen LogP contribution in [-0.2, 0) is 16.6 Å². The minimum Gasteiger partial charge on any atom is -0.303 e. The molecule has 1 fully saturated rings. The summed E-state index contributed by atoms with van der Waals surface area (Å²) in [5.41, 5.74) is 2.24. The maximum Gasteiger partial charge on any atom is 0.329 e. The first-order valence-corrected chi connectivity index (χ1v) is 14.4. The van der Waals surface area contributed by atoms with E-state index in [0.29, 0.717) is 11.4 Å². The molecule has 0 bridgehead atoms. The molecule has 2 aliphatic heterocycles. The highest BCUT2D eigenvalue weighted by Crippen LogP contribution is 2.32. The average molecular weight is 531 g/mol. The van der Waals surface area contributed by atoms with Crippen molar-refractivity contribution in [1.82, 2.24) is 18.3 Å². The maximum absolute atomic E-state index is 13.2. The average Bonchev–Trinajstić information content (AvgIpc) is 3.24. The summed E-state index contributed by atoms with van der Waals surface area (Å²) in [6.07, 6.45) is 4.09. The number of carbonyl (C=O) groups is 1. The van der Waals surface area contributed by atoms with Crippen LogP contribution < -0.4 is 5.69 Å². The van der Waals surface area contributed by atoms with Crippen LogP contribution in [-0.4, -0.2) is 58.8 Å². The van der Waals surface area contributed by atoms with E-state index in [9.17, 15) is 18.0 Å². The number of amides is 1. The van der Waals surface area contributed by atoms with Gasteiger partial charge in [-0.3, -0.25) is 13.9 Å². The zero-order valence-electron chi connectivity index (χ0n) is 20.4. The highest BCUT2D eigenvalue weighted by atomic mass is 35.5. The topological polar surface area (TPSA) is 84.6 Å². The van der Waals surface area contributed by atoms with Crippen LogP contribution in [0.5, 0.6) is 0 Å². The number of likely N-dealkylation sites (tertiary alicyclic amines) is 1. The lowest BCUT2D eigenvalue weighted by molar-refractivity contribution is 0.0868. The van der Waals surface area contributed by atoms with Crippen molar-refractivity contribution < 1.29 is 13.2 Å². The van der Waals surface area contributed by atoms with Crippen LogP contribution in [0.3, 0.4) is 0 Å². The van der Waals surface area contributed by atoms with Crippen LogP contribution >= 0.6 is 11.6 Å². The number of aryl methyl sites for hydroxylation is 1. The number of imidazole rings is 1. The third-order valence-corrected chi connectivity index (χ3v) is 9.37. The van der Waals surface area contributed by atoms with E-state index >= 15 is 0 Å². The number of fused-ring (bicyclic) bond motifs is 2. The molecule has 3 heterocycles. The Morgan fingerprint density at radius 2 is 1.64 bits per heavy atom. The van der Waals surface area contributed by atoms with Gasteiger partial charge < -0.3 is 4.90 Å². The van der Waals surface area contributed by atoms with Crippen molar-refractivity contribution >= 4 is 38.6 Å². The van der Waals surface area contributed by atoms with Gasteiger partial charge in [0.1, 0.15) is 4.90 Å². The Kier molecular flexibility index (Phi) is 6.98. The number of nitrogens with zero attached hydrogens (tertiary/aromatic N) is 4. The van der Waals surface area contributed by atoms with Crippen LogP contribution in [0.2, 0.25) is 5.02 Å². The quantitative estimate of drug-likeness (QED) is 0.409. The van der Waals surface area contributed by atoms with Gasteiger partial charge in [0, 0.05) is 37.2 Å². The van der Waals surface area contributed by atoms with Gasteiger partial charge in [-0.15, -0.1) is 0 Å². The Morgan fingerprint density at radius 1 is 0.944 bits per heavy atom. The first-order chi connectivity index (χ1) is 17.3. The van der Waals surface area contributed by atoms with E-state index in [0.717, 1.165) is 67.2 Å². The number of benzene rings is 2. The summed E-state index contributed by atoms with van der Waals surface area (Å²) < 4.78 is 30.4. The molecular weight excluding hydrogens is 500 g/mol. The second-order valence-corrected chi connectivity index (χ2v) is 11.9. The summed E-state index contributed by atoms with van der Waals surface area (Å²) in [6.45, 7) is 5.57. The van der Waals surface area contributed by atoms with Crippen molar-refractivity contribution in [3.63, 3.8) is 0 Å². The summed E-state index contributed by atoms with van der Waals surface area (Å²) in [5, 5.41) is 0.347. The molecule has 5 rings (SSSR count). The number of hydrogen-bond acceptors (Lipinski definition) is 5. The van der Waals surface area contributed by atoms with E-state index in [-0.39, 0.29) is 28.7 Å². The number of sulfonamides is 1. The third-order valence-electron chi connectivity index (χ3n) is 7.29. The maximum atomic E-state index is 13.2. The summed E-state index contributed by atoms with van der Waals surface area (Å²) in [6, 6.07) is 12.5. The number of hydrogen-bond donors (Lipinski definition) is 0. The fourth-order valence-corrected chi connectivity index (χ4v) is 7.25. The minimum atomic E-state index is -3.80. The number of unbranched alkanes of at least 4 members (excludes halogenated alkanes) is 1. The molecule has 0 radical (unpaired) electrons. The summed E-state index contributed by atoms with van der Waals surface area (Å²) in [5.74, 6) is -0.499. The van der Waals surface area contributed by atoms with E-state index in [1.807, 2.05) is 33.4 Å². The molecule has 8 nitrogen and oxygen atoms in total. The summed E-state index contributed by atoms with van der Waals surface area (Å²) >= 11 is 5.95. The first kappa shape index (κ1) is 25.0. The number of aromatic nitrogens is 2. The predicted octanol–water partition coefficient (Wildman–Crippen LogP) is 4.13. The molecule has 0 N–H and O–H groups in total. The van der Waals surface area contributed by atoms with Crippen LogP contribution in [0.1, 0.15) is 55.4 Å². The number of para-hydroxylation sites is 2. The van der Waals surface area contributed by atoms with E-state index in [4.69, 9.17) is 11.6 Å². The molecule has 0 aliphatic carbocycles. The van der Waals surface area contributed by atoms with Crippen LogP contribution in [0.15, 0.2) is 52.2 Å². The smallest absolute Gasteiger partial charge is 0.303 e. The molecule has 192 valence electrons. The molecule has 2 aromatic carbocycles. The highest BCUT2D eigenvalue weighted by molar-refractivity contribution is 7.90.